The molecule has 2 aliphatic rings. The summed E-state index contributed by atoms with van der Waals surface area (Å²) < 4.78 is 0. The van der Waals surface area contributed by atoms with Gasteiger partial charge in [-0.3, -0.25) is 0 Å². The maximum atomic E-state index is 2.57. The van der Waals surface area contributed by atoms with Gasteiger partial charge >= 0.3 is 0 Å². The SMILES string of the molecule is Cc1ccc(N(c2ccc(C)cc2)c2ccc3c(c2)C2(c4cc(N(c5ccc(C)cc5)c5ccc(C)cc5)ccc4C3)c3cc(N(c4ccc(C)cc4)c4ccc(C)cc4)ccc3Cc3ccc(N(c4ccc(C)cc4)c4ccc(C)cc4)cc32)cc1. The molecule has 12 aromatic carbocycles. The molecule has 0 aromatic heterocycles. The Bertz CT molecular complexity index is 3720. The number of fused-ring (bicyclic) bond motifs is 8. The number of benzene rings is 12. The first-order valence-electron chi connectivity index (χ1n) is 30.6. The van der Waals surface area contributed by atoms with Crippen molar-refractivity contribution >= 4 is 68.2 Å². The van der Waals surface area contributed by atoms with Gasteiger partial charge in [0.2, 0.25) is 0 Å². The standard InChI is InChI=1S/C83H72N4/c1-55-9-29-67(30-10-55)84(68-31-11-56(2)12-32-68)75-45-25-63-49-64-26-46-76(85(69-33-13-57(3)14-34-69)70-35-15-58(4)16-36-70)52-80(64)83(79(63)51-75)81-53-77(86(71-37-17-59(5)18-38-71)72-39-19-60(6)20-40-72)47-27-65(81)50-66-28-48-78(54-82(66)83)87(73-41-21-61(7)22-42-73)74-43-23-62(8)24-44-74/h9-48,51-54H,49-50H2,1-8H3. The zero-order chi connectivity index (χ0) is 59.5. The van der Waals surface area contributed by atoms with E-state index in [0.717, 1.165) is 81.1 Å². The molecule has 4 nitrogen and oxygen atoms in total. The van der Waals surface area contributed by atoms with Gasteiger partial charge in [-0.05, 0) is 258 Å². The third kappa shape index (κ3) is 10.2. The summed E-state index contributed by atoms with van der Waals surface area (Å²) in [4.78, 5) is 9.83. The van der Waals surface area contributed by atoms with E-state index in [1.165, 1.54) is 89.0 Å². The van der Waals surface area contributed by atoms with Gasteiger partial charge in [-0.1, -0.05) is 166 Å². The van der Waals surface area contributed by atoms with Gasteiger partial charge < -0.3 is 19.6 Å². The quantitative estimate of drug-likeness (QED) is 0.121. The monoisotopic (exact) mass is 1120 g/mol. The number of rotatable bonds is 12. The average Bonchev–Trinajstić information content (AvgIpc) is 0.690. The van der Waals surface area contributed by atoms with Crippen molar-refractivity contribution in [3.8, 4) is 0 Å². The zero-order valence-electron chi connectivity index (χ0n) is 51.1. The Morgan fingerprint density at radius 1 is 0.184 bits per heavy atom. The summed E-state index contributed by atoms with van der Waals surface area (Å²) in [5.74, 6) is 0. The van der Waals surface area contributed by atoms with Crippen molar-refractivity contribution in [2.45, 2.75) is 73.6 Å². The van der Waals surface area contributed by atoms with E-state index in [2.05, 4.69) is 342 Å². The normalized spacial score (nSPS) is 12.6. The number of nitrogens with zero attached hydrogens (tertiary/aromatic N) is 4. The first kappa shape index (κ1) is 54.8. The fourth-order valence-electron chi connectivity index (χ4n) is 13.4. The fourth-order valence-corrected chi connectivity index (χ4v) is 13.4. The second-order valence-corrected chi connectivity index (χ2v) is 24.5. The number of hydrogen-bond donors (Lipinski definition) is 0. The van der Waals surface area contributed by atoms with Crippen molar-refractivity contribution < 1.29 is 0 Å². The highest BCUT2D eigenvalue weighted by Crippen LogP contribution is 2.59. The van der Waals surface area contributed by atoms with Crippen LogP contribution in [0.3, 0.4) is 0 Å². The first-order chi connectivity index (χ1) is 42.3. The Kier molecular flexibility index (Phi) is 14.1. The summed E-state index contributed by atoms with van der Waals surface area (Å²) in [6.07, 6.45) is 1.53. The lowest BCUT2D eigenvalue weighted by Crippen LogP contribution is -2.40. The maximum Gasteiger partial charge on any atom is 0.0715 e. The van der Waals surface area contributed by atoms with Crippen molar-refractivity contribution in [3.05, 3.63) is 356 Å². The molecule has 4 heteroatoms. The predicted octanol–water partition coefficient (Wildman–Crippen LogP) is 22.2. The molecule has 87 heavy (non-hydrogen) atoms. The molecule has 0 unspecified atom stereocenters. The molecule has 2 aliphatic carbocycles. The van der Waals surface area contributed by atoms with Crippen LogP contribution >= 0.6 is 0 Å². The topological polar surface area (TPSA) is 13.0 Å². The van der Waals surface area contributed by atoms with Gasteiger partial charge in [-0.2, -0.15) is 0 Å². The molecular weight excluding hydrogens is 1050 g/mol. The Balaban J connectivity index is 1.12. The number of aryl methyl sites for hydroxylation is 8. The fraction of sp³-hybridized carbons (Fsp3) is 0.133. The molecule has 0 bridgehead atoms. The Morgan fingerprint density at radius 3 is 0.471 bits per heavy atom. The van der Waals surface area contributed by atoms with Crippen LogP contribution in [0.5, 0.6) is 0 Å². The third-order valence-corrected chi connectivity index (χ3v) is 18.1. The van der Waals surface area contributed by atoms with Crippen LogP contribution in [0.25, 0.3) is 0 Å². The number of hydrogen-bond acceptors (Lipinski definition) is 4. The van der Waals surface area contributed by atoms with Crippen LogP contribution < -0.4 is 19.6 Å². The van der Waals surface area contributed by atoms with E-state index in [9.17, 15) is 0 Å². The minimum Gasteiger partial charge on any atom is -0.310 e. The van der Waals surface area contributed by atoms with Gasteiger partial charge in [-0.25, -0.2) is 0 Å². The van der Waals surface area contributed by atoms with Crippen LogP contribution in [0.15, 0.2) is 267 Å². The van der Waals surface area contributed by atoms with Gasteiger partial charge in [0, 0.05) is 68.2 Å². The summed E-state index contributed by atoms with van der Waals surface area (Å²) >= 11 is 0. The van der Waals surface area contributed by atoms with Crippen molar-refractivity contribution in [2.24, 2.45) is 0 Å². The predicted molar refractivity (Wildman–Crippen MR) is 367 cm³/mol. The molecular formula is C83H72N4. The van der Waals surface area contributed by atoms with Crippen LogP contribution in [-0.2, 0) is 18.3 Å². The summed E-state index contributed by atoms with van der Waals surface area (Å²) in [7, 11) is 0. The minimum atomic E-state index is -0.874. The van der Waals surface area contributed by atoms with Crippen molar-refractivity contribution in [3.63, 3.8) is 0 Å². The third-order valence-electron chi connectivity index (χ3n) is 18.1. The molecule has 12 aromatic rings. The second-order valence-electron chi connectivity index (χ2n) is 24.5. The van der Waals surface area contributed by atoms with Crippen LogP contribution in [0.2, 0.25) is 0 Å². The smallest absolute Gasteiger partial charge is 0.0715 e. The molecule has 0 fully saturated rings. The van der Waals surface area contributed by atoms with Gasteiger partial charge in [0.25, 0.3) is 0 Å². The molecule has 0 atom stereocenters. The highest BCUT2D eigenvalue weighted by Gasteiger charge is 2.49. The molecule has 0 saturated heterocycles. The van der Waals surface area contributed by atoms with Gasteiger partial charge in [0.1, 0.15) is 0 Å². The molecule has 0 N–H and O–H groups in total. The van der Waals surface area contributed by atoms with E-state index in [0.29, 0.717) is 0 Å². The van der Waals surface area contributed by atoms with E-state index < -0.39 is 5.41 Å². The largest absolute Gasteiger partial charge is 0.310 e. The van der Waals surface area contributed by atoms with E-state index in [-0.39, 0.29) is 0 Å². The molecule has 0 saturated carbocycles. The number of anilines is 12. The lowest BCUT2D eigenvalue weighted by atomic mass is 9.55. The van der Waals surface area contributed by atoms with E-state index >= 15 is 0 Å². The molecule has 424 valence electrons. The van der Waals surface area contributed by atoms with Crippen molar-refractivity contribution in [1.82, 2.24) is 0 Å². The van der Waals surface area contributed by atoms with E-state index in [4.69, 9.17) is 0 Å². The lowest BCUT2D eigenvalue weighted by molar-refractivity contribution is 0.670. The summed E-state index contributed by atoms with van der Waals surface area (Å²) in [5, 5.41) is 0. The van der Waals surface area contributed by atoms with Gasteiger partial charge in [0.15, 0.2) is 0 Å². The highest BCUT2D eigenvalue weighted by atomic mass is 15.2. The minimum absolute atomic E-state index is 0.763. The van der Waals surface area contributed by atoms with E-state index in [1.807, 2.05) is 0 Å². The van der Waals surface area contributed by atoms with Crippen LogP contribution in [-0.4, -0.2) is 0 Å². The summed E-state index contributed by atoms with van der Waals surface area (Å²) in [6, 6.07) is 102. The molecule has 14 rings (SSSR count). The summed E-state index contributed by atoms with van der Waals surface area (Å²) in [5.41, 5.74) is 32.5. The van der Waals surface area contributed by atoms with Gasteiger partial charge in [0.05, 0.1) is 5.41 Å². The molecule has 1 spiro atoms. The lowest BCUT2D eigenvalue weighted by Gasteiger charge is -2.48. The van der Waals surface area contributed by atoms with Crippen molar-refractivity contribution in [1.29, 1.82) is 0 Å². The van der Waals surface area contributed by atoms with Crippen molar-refractivity contribution in [2.75, 3.05) is 19.6 Å². The van der Waals surface area contributed by atoms with Crippen LogP contribution in [0, 0.1) is 55.4 Å². The Hall–Kier alpha value is -10.2. The molecule has 0 aliphatic heterocycles. The Morgan fingerprint density at radius 2 is 0.322 bits per heavy atom. The molecule has 0 amide bonds. The van der Waals surface area contributed by atoms with Crippen LogP contribution in [0.1, 0.15) is 89.0 Å². The molecule has 0 heterocycles. The van der Waals surface area contributed by atoms with Gasteiger partial charge in [-0.15, -0.1) is 0 Å². The highest BCUT2D eigenvalue weighted by molar-refractivity contribution is 5.87. The first-order valence-corrected chi connectivity index (χ1v) is 30.6. The Labute approximate surface area is 514 Å². The summed E-state index contributed by atoms with van der Waals surface area (Å²) in [6.45, 7) is 17.4. The molecule has 0 radical (unpaired) electrons. The zero-order valence-corrected chi connectivity index (χ0v) is 51.1. The van der Waals surface area contributed by atoms with Crippen LogP contribution in [0.4, 0.5) is 68.2 Å². The second kappa shape index (κ2) is 22.4. The average molecular weight is 1130 g/mol. The maximum absolute atomic E-state index is 2.57. The van der Waals surface area contributed by atoms with E-state index in [1.54, 1.807) is 0 Å².